The Balaban J connectivity index is 0.981. The Morgan fingerprint density at radius 3 is 1.40 bits per heavy atom. The summed E-state index contributed by atoms with van der Waals surface area (Å²) in [6, 6.07) is 57.9. The molecule has 0 saturated heterocycles. The van der Waals surface area contributed by atoms with Gasteiger partial charge in [0.05, 0.1) is 11.0 Å². The highest BCUT2D eigenvalue weighted by Crippen LogP contribution is 2.42. The average Bonchev–Trinajstić information content (AvgIpc) is 3.96. The lowest BCUT2D eigenvalue weighted by atomic mass is 9.99. The van der Waals surface area contributed by atoms with Crippen LogP contribution in [0.5, 0.6) is 0 Å². The smallest absolute Gasteiger partial charge is 0.178 e. The van der Waals surface area contributed by atoms with E-state index in [1.54, 1.807) is 0 Å². The van der Waals surface area contributed by atoms with Crippen LogP contribution >= 0.6 is 0 Å². The van der Waals surface area contributed by atoms with Gasteiger partial charge >= 0.3 is 0 Å². The summed E-state index contributed by atoms with van der Waals surface area (Å²) in [7, 11) is 0. The Morgan fingerprint density at radius 2 is 0.750 bits per heavy atom. The molecule has 0 atom stereocenters. The zero-order chi connectivity index (χ0) is 33.9. The van der Waals surface area contributed by atoms with E-state index in [1.807, 2.05) is 12.1 Å². The summed E-state index contributed by atoms with van der Waals surface area (Å²) in [4.78, 5) is 0. The molecule has 0 fully saturated rings. The molecule has 0 saturated carbocycles. The molecule has 0 unspecified atom stereocenters. The van der Waals surface area contributed by atoms with E-state index in [1.165, 1.54) is 27.4 Å². The molecule has 0 radical (unpaired) electrons. The van der Waals surface area contributed by atoms with Crippen LogP contribution in [-0.4, -0.2) is 4.57 Å². The van der Waals surface area contributed by atoms with Gasteiger partial charge in [-0.05, 0) is 107 Å². The first kappa shape index (κ1) is 27.7. The van der Waals surface area contributed by atoms with E-state index in [0.29, 0.717) is 0 Å². The lowest BCUT2D eigenvalue weighted by Crippen LogP contribution is -1.92. The minimum Gasteiger partial charge on any atom is -0.456 e. The number of para-hydroxylation sites is 3. The zero-order valence-corrected chi connectivity index (χ0v) is 27.8. The fourth-order valence-corrected chi connectivity index (χ4v) is 8.34. The fraction of sp³-hybridized carbons (Fsp3) is 0. The van der Waals surface area contributed by atoms with Crippen LogP contribution in [0.4, 0.5) is 0 Å². The number of furan rings is 3. The third-order valence-corrected chi connectivity index (χ3v) is 10.8. The van der Waals surface area contributed by atoms with E-state index in [9.17, 15) is 0 Å². The molecule has 4 nitrogen and oxygen atoms in total. The van der Waals surface area contributed by atoms with Crippen molar-refractivity contribution in [2.75, 3.05) is 0 Å². The monoisotopic (exact) mass is 665 g/mol. The summed E-state index contributed by atoms with van der Waals surface area (Å²) in [5.41, 5.74) is 13.1. The number of fused-ring (bicyclic) bond motifs is 13. The Labute approximate surface area is 296 Å². The first-order chi connectivity index (χ1) is 25.7. The summed E-state index contributed by atoms with van der Waals surface area (Å²) in [5, 5.41) is 8.94. The molecule has 0 aliphatic rings. The van der Waals surface area contributed by atoms with Gasteiger partial charge in [0, 0.05) is 48.8 Å². The Kier molecular flexibility index (Phi) is 5.47. The van der Waals surface area contributed by atoms with Crippen molar-refractivity contribution in [3.8, 4) is 27.9 Å². The highest BCUT2D eigenvalue weighted by Gasteiger charge is 2.19. The van der Waals surface area contributed by atoms with Crippen molar-refractivity contribution in [3.63, 3.8) is 0 Å². The van der Waals surface area contributed by atoms with Crippen LogP contribution in [0.25, 0.3) is 116 Å². The predicted molar refractivity (Wildman–Crippen MR) is 213 cm³/mol. The highest BCUT2D eigenvalue weighted by atomic mass is 16.4. The van der Waals surface area contributed by atoms with Crippen LogP contribution in [0.15, 0.2) is 177 Å². The topological polar surface area (TPSA) is 44.4 Å². The molecule has 12 aromatic rings. The molecule has 0 aliphatic heterocycles. The Morgan fingerprint density at radius 1 is 0.288 bits per heavy atom. The Hall–Kier alpha value is -7.04. The molecule has 8 aromatic carbocycles. The largest absolute Gasteiger partial charge is 0.456 e. The third-order valence-electron chi connectivity index (χ3n) is 10.8. The summed E-state index contributed by atoms with van der Waals surface area (Å²) >= 11 is 0. The molecule has 52 heavy (non-hydrogen) atoms. The molecule has 4 heteroatoms. The number of nitrogens with zero attached hydrogens (tertiary/aromatic N) is 1. The molecule has 0 amide bonds. The van der Waals surface area contributed by atoms with E-state index in [4.69, 9.17) is 13.3 Å². The molecule has 0 aliphatic carbocycles. The van der Waals surface area contributed by atoms with Gasteiger partial charge < -0.3 is 17.8 Å². The second kappa shape index (κ2) is 10.3. The minimum absolute atomic E-state index is 0.772. The van der Waals surface area contributed by atoms with Crippen LogP contribution in [-0.2, 0) is 0 Å². The Bertz CT molecular complexity index is 3410. The van der Waals surface area contributed by atoms with E-state index < -0.39 is 0 Å². The normalized spacial score (nSPS) is 12.2. The third kappa shape index (κ3) is 3.86. The molecule has 0 bridgehead atoms. The van der Waals surface area contributed by atoms with Gasteiger partial charge in [-0.3, -0.25) is 0 Å². The van der Waals surface area contributed by atoms with Crippen molar-refractivity contribution in [2.24, 2.45) is 0 Å². The van der Waals surface area contributed by atoms with Crippen LogP contribution in [0.2, 0.25) is 0 Å². The lowest BCUT2D eigenvalue weighted by molar-refractivity contribution is 0.633. The maximum absolute atomic E-state index is 6.55. The van der Waals surface area contributed by atoms with E-state index in [-0.39, 0.29) is 0 Å². The molecule has 4 heterocycles. The van der Waals surface area contributed by atoms with Gasteiger partial charge in [0.25, 0.3) is 0 Å². The average molecular weight is 666 g/mol. The van der Waals surface area contributed by atoms with Crippen LogP contribution in [0.1, 0.15) is 0 Å². The molecule has 0 N–H and O–H groups in total. The van der Waals surface area contributed by atoms with Gasteiger partial charge in [0.2, 0.25) is 0 Å². The maximum atomic E-state index is 6.55. The van der Waals surface area contributed by atoms with Crippen LogP contribution in [0.3, 0.4) is 0 Å². The van der Waals surface area contributed by atoms with Gasteiger partial charge in [0.1, 0.15) is 22.3 Å². The highest BCUT2D eigenvalue weighted by molar-refractivity contribution is 6.20. The number of rotatable bonds is 3. The van der Waals surface area contributed by atoms with Gasteiger partial charge in [0.15, 0.2) is 11.2 Å². The van der Waals surface area contributed by atoms with E-state index in [2.05, 4.69) is 156 Å². The molecular formula is C48H27NO3. The van der Waals surface area contributed by atoms with E-state index in [0.717, 1.165) is 88.2 Å². The quantitative estimate of drug-likeness (QED) is 0.189. The SMILES string of the molecule is c1ccc(-n2c3ccccc3c3cc(-c4ccc5oc6c(ccc7c8cc(-c9ccc%10oc%11ccccc%11c%10c9)ccc8oc76)c5c4)ccc32)cc1. The molecule has 4 aromatic heterocycles. The van der Waals surface area contributed by atoms with Crippen LogP contribution < -0.4 is 0 Å². The molecular weight excluding hydrogens is 639 g/mol. The number of aromatic nitrogens is 1. The first-order valence-corrected chi connectivity index (χ1v) is 17.6. The van der Waals surface area contributed by atoms with Crippen molar-refractivity contribution < 1.29 is 13.3 Å². The van der Waals surface area contributed by atoms with Crippen LogP contribution in [0, 0.1) is 0 Å². The van der Waals surface area contributed by atoms with Crippen molar-refractivity contribution >= 4 is 87.6 Å². The first-order valence-electron chi connectivity index (χ1n) is 17.6. The van der Waals surface area contributed by atoms with Gasteiger partial charge in [-0.25, -0.2) is 0 Å². The summed E-state index contributed by atoms with van der Waals surface area (Å²) in [6.07, 6.45) is 0. The fourth-order valence-electron chi connectivity index (χ4n) is 8.34. The predicted octanol–water partition coefficient (Wildman–Crippen LogP) is 13.8. The zero-order valence-electron chi connectivity index (χ0n) is 27.8. The maximum Gasteiger partial charge on any atom is 0.178 e. The number of hydrogen-bond donors (Lipinski definition) is 0. The summed E-state index contributed by atoms with van der Waals surface area (Å²) in [5.74, 6) is 0. The second-order valence-corrected chi connectivity index (χ2v) is 13.7. The second-order valence-electron chi connectivity index (χ2n) is 13.7. The van der Waals surface area contributed by atoms with Gasteiger partial charge in [-0.2, -0.15) is 0 Å². The molecule has 242 valence electrons. The van der Waals surface area contributed by atoms with Gasteiger partial charge in [-0.15, -0.1) is 0 Å². The standard InChI is InChI=1S/C48H27NO3/c1-2-8-32(9-3-1)49-41-12-6-4-10-33(41)37-24-28(14-20-42(37)49)30-16-22-45-39(26-30)35-18-19-36-40-27-31(17-23-46(40)52-48(36)47(35)51-45)29-15-21-44-38(25-29)34-11-5-7-13-43(34)50-44/h1-27H. The summed E-state index contributed by atoms with van der Waals surface area (Å²) < 4.78 is 21.5. The number of hydrogen-bond acceptors (Lipinski definition) is 3. The minimum atomic E-state index is 0.772. The van der Waals surface area contributed by atoms with Crippen molar-refractivity contribution in [1.82, 2.24) is 4.57 Å². The lowest BCUT2D eigenvalue weighted by Gasteiger charge is -2.08. The number of benzene rings is 8. The summed E-state index contributed by atoms with van der Waals surface area (Å²) in [6.45, 7) is 0. The van der Waals surface area contributed by atoms with Gasteiger partial charge in [-0.1, -0.05) is 78.9 Å². The van der Waals surface area contributed by atoms with Crippen molar-refractivity contribution in [2.45, 2.75) is 0 Å². The van der Waals surface area contributed by atoms with Crippen molar-refractivity contribution in [3.05, 3.63) is 164 Å². The molecule has 12 rings (SSSR count). The van der Waals surface area contributed by atoms with Crippen molar-refractivity contribution in [1.29, 1.82) is 0 Å². The van der Waals surface area contributed by atoms with E-state index >= 15 is 0 Å². The molecule has 0 spiro atoms.